The number of halogens is 1. The highest BCUT2D eigenvalue weighted by atomic mass is 35.5. The van der Waals surface area contributed by atoms with Gasteiger partial charge in [0.2, 0.25) is 10.0 Å². The van der Waals surface area contributed by atoms with Crippen LogP contribution < -0.4 is 27.1 Å². The van der Waals surface area contributed by atoms with Crippen LogP contribution in [0.15, 0.2) is 35.1 Å². The highest BCUT2D eigenvalue weighted by molar-refractivity contribution is 7.88. The van der Waals surface area contributed by atoms with Crippen molar-refractivity contribution in [1.29, 1.82) is 0 Å². The van der Waals surface area contributed by atoms with Crippen molar-refractivity contribution in [2.75, 3.05) is 23.9 Å². The fraction of sp³-hybridized carbons (Fsp3) is 0.348. The van der Waals surface area contributed by atoms with Crippen LogP contribution in [0.3, 0.4) is 0 Å². The van der Waals surface area contributed by atoms with Gasteiger partial charge >= 0.3 is 0 Å². The van der Waals surface area contributed by atoms with Crippen LogP contribution in [0.1, 0.15) is 41.9 Å². The van der Waals surface area contributed by atoms with E-state index in [1.54, 1.807) is 16.8 Å². The molecule has 2 aromatic heterocycles. The number of rotatable bonds is 5. The summed E-state index contributed by atoms with van der Waals surface area (Å²) in [7, 11) is -3.22. The summed E-state index contributed by atoms with van der Waals surface area (Å²) in [6, 6.07) is 7.35. The molecule has 1 fully saturated rings. The maximum atomic E-state index is 12.9. The number of carbonyl (C=O) groups excluding carboxylic acids is 1. The van der Waals surface area contributed by atoms with Gasteiger partial charge in [0.15, 0.2) is 5.82 Å². The van der Waals surface area contributed by atoms with E-state index in [-0.39, 0.29) is 29.0 Å². The second-order valence-corrected chi connectivity index (χ2v) is 11.0. The summed E-state index contributed by atoms with van der Waals surface area (Å²) in [6.45, 7) is 2.65. The zero-order chi connectivity index (χ0) is 26.2. The molecule has 0 radical (unpaired) electrons. The first-order valence-electron chi connectivity index (χ1n) is 11.4. The minimum Gasteiger partial charge on any atom is -0.381 e. The van der Waals surface area contributed by atoms with Crippen LogP contribution in [0.2, 0.25) is 5.02 Å². The van der Waals surface area contributed by atoms with Gasteiger partial charge in [0, 0.05) is 30.5 Å². The predicted octanol–water partition coefficient (Wildman–Crippen LogP) is 1.93. The van der Waals surface area contributed by atoms with Gasteiger partial charge in [-0.05, 0) is 42.9 Å². The Hall–Kier alpha value is -3.35. The van der Waals surface area contributed by atoms with Crippen LogP contribution in [-0.4, -0.2) is 47.5 Å². The number of nitrogen functional groups attached to an aromatic ring is 1. The van der Waals surface area contributed by atoms with Crippen LogP contribution in [-0.2, 0) is 16.4 Å². The molecule has 0 unspecified atom stereocenters. The van der Waals surface area contributed by atoms with Crippen LogP contribution in [0.25, 0.3) is 17.0 Å². The second kappa shape index (κ2) is 9.96. The van der Waals surface area contributed by atoms with E-state index in [2.05, 4.69) is 15.1 Å². The Labute approximate surface area is 213 Å². The lowest BCUT2D eigenvalue weighted by Gasteiger charge is -2.37. The maximum Gasteiger partial charge on any atom is 0.260 e. The number of nitrogens with zero attached hydrogens (tertiary/aromatic N) is 3. The lowest BCUT2D eigenvalue weighted by molar-refractivity contribution is 0.100. The molecule has 1 aliphatic heterocycles. The van der Waals surface area contributed by atoms with Crippen LogP contribution in [0.4, 0.5) is 11.6 Å². The summed E-state index contributed by atoms with van der Waals surface area (Å²) < 4.78 is 28.5. The van der Waals surface area contributed by atoms with Gasteiger partial charge in [-0.25, -0.2) is 17.8 Å². The molecular formula is C23H28ClN7O4S. The van der Waals surface area contributed by atoms with Crippen molar-refractivity contribution in [3.63, 3.8) is 0 Å². The molecule has 1 aliphatic carbocycles. The summed E-state index contributed by atoms with van der Waals surface area (Å²) in [5.41, 5.74) is 11.8. The van der Waals surface area contributed by atoms with Crippen molar-refractivity contribution in [2.45, 2.75) is 38.3 Å². The summed E-state index contributed by atoms with van der Waals surface area (Å²) in [4.78, 5) is 23.9. The number of carbonyl (C=O) groups is 1. The Morgan fingerprint density at radius 1 is 1.33 bits per heavy atom. The summed E-state index contributed by atoms with van der Waals surface area (Å²) in [5, 5.41) is 8.72. The molecule has 0 atom stereocenters. The van der Waals surface area contributed by atoms with E-state index in [9.17, 15) is 18.0 Å². The Morgan fingerprint density at radius 3 is 2.69 bits per heavy atom. The molecule has 1 aromatic carbocycles. The summed E-state index contributed by atoms with van der Waals surface area (Å²) >= 11 is 6.21. The first-order chi connectivity index (χ1) is 17.0. The summed E-state index contributed by atoms with van der Waals surface area (Å²) in [6.07, 6.45) is 6.73. The zero-order valence-corrected chi connectivity index (χ0v) is 21.4. The molecule has 3 heterocycles. The minimum absolute atomic E-state index is 0.0115. The van der Waals surface area contributed by atoms with E-state index in [4.69, 9.17) is 23.1 Å². The van der Waals surface area contributed by atoms with Crippen molar-refractivity contribution < 1.29 is 13.2 Å². The maximum absolute atomic E-state index is 12.9. The molecule has 0 spiro atoms. The Bertz CT molecular complexity index is 1520. The smallest absolute Gasteiger partial charge is 0.260 e. The van der Waals surface area contributed by atoms with Crippen molar-refractivity contribution in [3.05, 3.63) is 57.0 Å². The molecule has 13 heteroatoms. The van der Waals surface area contributed by atoms with Gasteiger partial charge in [0.25, 0.3) is 11.5 Å². The van der Waals surface area contributed by atoms with Crippen molar-refractivity contribution >= 4 is 56.1 Å². The fourth-order valence-corrected chi connectivity index (χ4v) is 5.60. The zero-order valence-electron chi connectivity index (χ0n) is 19.9. The van der Waals surface area contributed by atoms with Crippen LogP contribution in [0, 0.1) is 0 Å². The molecule has 1 amide bonds. The van der Waals surface area contributed by atoms with Gasteiger partial charge in [0.1, 0.15) is 11.4 Å². The Kier molecular flexibility index (Phi) is 7.12. The normalized spacial score (nSPS) is 18.5. The SMILES string of the molecule is CCc1cc2cccc(Cl)c2c(=O)n1C1CC(NS(C)(=O)=O)C1.NC(=O)c1c(N)nn2c1NCC=C2. The number of sulfonamides is 1. The predicted molar refractivity (Wildman–Crippen MR) is 142 cm³/mol. The molecule has 192 valence electrons. The van der Waals surface area contributed by atoms with Gasteiger partial charge in [-0.15, -0.1) is 5.10 Å². The third-order valence-corrected chi connectivity index (χ3v) is 7.23. The molecule has 11 nitrogen and oxygen atoms in total. The van der Waals surface area contributed by atoms with Crippen molar-refractivity contribution in [1.82, 2.24) is 19.1 Å². The quantitative estimate of drug-likeness (QED) is 0.388. The highest BCUT2D eigenvalue weighted by Gasteiger charge is 2.34. The average Bonchev–Trinajstić information content (AvgIpc) is 3.12. The fourth-order valence-electron chi connectivity index (χ4n) is 4.54. The first-order valence-corrected chi connectivity index (χ1v) is 13.6. The number of benzene rings is 1. The van der Waals surface area contributed by atoms with Gasteiger partial charge in [-0.1, -0.05) is 30.7 Å². The molecule has 2 aliphatic rings. The molecule has 1 saturated carbocycles. The van der Waals surface area contributed by atoms with Gasteiger partial charge in [-0.2, -0.15) is 0 Å². The number of aryl methyl sites for hydroxylation is 1. The van der Waals surface area contributed by atoms with Crippen molar-refractivity contribution in [3.8, 4) is 0 Å². The molecule has 3 aromatic rings. The molecule has 36 heavy (non-hydrogen) atoms. The number of aromatic nitrogens is 3. The second-order valence-electron chi connectivity index (χ2n) is 8.76. The van der Waals surface area contributed by atoms with Gasteiger partial charge < -0.3 is 21.4 Å². The van der Waals surface area contributed by atoms with E-state index < -0.39 is 15.9 Å². The lowest BCUT2D eigenvalue weighted by Crippen LogP contribution is -2.47. The van der Waals surface area contributed by atoms with E-state index in [0.29, 0.717) is 35.6 Å². The third-order valence-electron chi connectivity index (χ3n) is 6.15. The number of nitrogens with two attached hydrogens (primary N) is 2. The van der Waals surface area contributed by atoms with Gasteiger partial charge in [0.05, 0.1) is 16.7 Å². The van der Waals surface area contributed by atoms with E-state index in [0.717, 1.165) is 23.8 Å². The third kappa shape index (κ3) is 5.11. The van der Waals surface area contributed by atoms with Crippen LogP contribution >= 0.6 is 11.6 Å². The number of primary amides is 1. The molecule has 5 rings (SSSR count). The van der Waals surface area contributed by atoms with Gasteiger partial charge in [-0.3, -0.25) is 9.59 Å². The number of amides is 1. The number of fused-ring (bicyclic) bond motifs is 2. The lowest BCUT2D eigenvalue weighted by atomic mass is 9.86. The largest absolute Gasteiger partial charge is 0.381 e. The van der Waals surface area contributed by atoms with E-state index >= 15 is 0 Å². The number of hydrogen-bond acceptors (Lipinski definition) is 7. The number of pyridine rings is 1. The van der Waals surface area contributed by atoms with E-state index in [1.807, 2.05) is 31.2 Å². The molecule has 0 bridgehead atoms. The van der Waals surface area contributed by atoms with E-state index in [1.165, 1.54) is 4.68 Å². The first kappa shape index (κ1) is 25.7. The minimum atomic E-state index is -3.22. The number of anilines is 2. The Morgan fingerprint density at radius 2 is 2.06 bits per heavy atom. The standard InChI is InChI=1S/C16H19ClN2O3S.C7H9N5O/c1-3-12-7-10-5-4-6-14(17)15(10)16(20)19(12)13-8-11(9-13)18-23(2,21)22;8-5-4(6(9)13)7-10-2-1-3-12(7)11-5/h4-7,11,13,18H,3,8-9H2,1-2H3;1,3,10H,2H2,(H2,8,11)(H2,9,13). The van der Waals surface area contributed by atoms with Crippen LogP contribution in [0.5, 0.6) is 0 Å². The summed E-state index contributed by atoms with van der Waals surface area (Å²) in [5.74, 6) is 0.149. The monoisotopic (exact) mass is 533 g/mol. The topological polar surface area (TPSA) is 167 Å². The Balaban J connectivity index is 0.000000197. The highest BCUT2D eigenvalue weighted by Crippen LogP contribution is 2.34. The number of nitrogens with one attached hydrogen (secondary N) is 2. The molecular weight excluding hydrogens is 506 g/mol. The van der Waals surface area contributed by atoms with Crippen molar-refractivity contribution in [2.24, 2.45) is 5.73 Å². The molecule has 6 N–H and O–H groups in total. The average molecular weight is 534 g/mol. The number of hydrogen-bond donors (Lipinski definition) is 4. The molecule has 0 saturated heterocycles.